The number of nitrogens with zero attached hydrogens (tertiary/aromatic N) is 2. The highest BCUT2D eigenvalue weighted by Gasteiger charge is 2.43. The van der Waals surface area contributed by atoms with Crippen molar-refractivity contribution in [1.29, 1.82) is 0 Å². The Morgan fingerprint density at radius 3 is 1.90 bits per heavy atom. The van der Waals surface area contributed by atoms with E-state index in [0.717, 1.165) is 11.1 Å². The number of primary amides is 1. The summed E-state index contributed by atoms with van der Waals surface area (Å²) in [6.45, 7) is 7.20. The summed E-state index contributed by atoms with van der Waals surface area (Å²) >= 11 is 0. The second-order valence-corrected chi connectivity index (χ2v) is 14.8. The number of Topliss-reactive ketones (excluding diaryl/α,β-unsaturated/α-hetero) is 1. The number of benzene rings is 2. The van der Waals surface area contributed by atoms with Crippen molar-refractivity contribution in [2.75, 3.05) is 39.3 Å². The summed E-state index contributed by atoms with van der Waals surface area (Å²) in [5.41, 5.74) is 19.2. The van der Waals surface area contributed by atoms with Gasteiger partial charge in [0.2, 0.25) is 23.6 Å². The topological polar surface area (TPSA) is 194 Å². The third-order valence-corrected chi connectivity index (χ3v) is 10.0. The highest BCUT2D eigenvalue weighted by atomic mass is 16.2. The van der Waals surface area contributed by atoms with Crippen molar-refractivity contribution in [1.82, 2.24) is 20.4 Å². The maximum absolute atomic E-state index is 14.0. The molecular weight excluding hydrogens is 646 g/mol. The molecule has 2 aromatic carbocycles. The standard InChI is InChI=1S/C39H57N7O5/c1-26(2)17-29(20-35(47)34(19-28-13-7-4-8-14-28)44-38(50)32(41)18-27-11-5-3-6-12-27)37(49)43-33(15-9-10-16-40)39(51)46-23-30-21-45(25-36(42)48)22-31(30)24-46/h3-8,11-14,26,29-34H,9-10,15-25,40-41H2,1-2H3,(H2,42,48)(H,43,49)(H,44,50). The van der Waals surface area contributed by atoms with Gasteiger partial charge in [0.1, 0.15) is 6.04 Å². The van der Waals surface area contributed by atoms with Crippen LogP contribution in [0.25, 0.3) is 0 Å². The molecule has 6 atom stereocenters. The molecule has 51 heavy (non-hydrogen) atoms. The van der Waals surface area contributed by atoms with Crippen LogP contribution in [0.4, 0.5) is 0 Å². The molecule has 2 aromatic rings. The number of likely N-dealkylation sites (tertiary alicyclic amines) is 2. The van der Waals surface area contributed by atoms with Crippen molar-refractivity contribution >= 4 is 29.4 Å². The average molecular weight is 704 g/mol. The third-order valence-electron chi connectivity index (χ3n) is 10.0. The normalized spacial score (nSPS) is 19.6. The zero-order chi connectivity index (χ0) is 36.9. The number of carbonyl (C=O) groups excluding carboxylic acids is 5. The Bertz CT molecular complexity index is 1440. The first-order valence-electron chi connectivity index (χ1n) is 18.4. The van der Waals surface area contributed by atoms with Gasteiger partial charge in [-0.2, -0.15) is 0 Å². The van der Waals surface area contributed by atoms with Crippen LogP contribution >= 0.6 is 0 Å². The van der Waals surface area contributed by atoms with E-state index < -0.39 is 30.0 Å². The molecule has 2 fully saturated rings. The van der Waals surface area contributed by atoms with Gasteiger partial charge < -0.3 is 32.7 Å². The Labute approximate surface area is 302 Å². The first-order valence-corrected chi connectivity index (χ1v) is 18.4. The van der Waals surface area contributed by atoms with E-state index in [0.29, 0.717) is 64.8 Å². The number of nitrogens with one attached hydrogen (secondary N) is 2. The van der Waals surface area contributed by atoms with Crippen molar-refractivity contribution < 1.29 is 24.0 Å². The molecule has 0 bridgehead atoms. The van der Waals surface area contributed by atoms with E-state index >= 15 is 0 Å². The van der Waals surface area contributed by atoms with Crippen molar-refractivity contribution in [3.8, 4) is 0 Å². The number of unbranched alkanes of at least 4 members (excludes halogenated alkanes) is 1. The minimum absolute atomic E-state index is 0.0943. The molecule has 12 nitrogen and oxygen atoms in total. The maximum Gasteiger partial charge on any atom is 0.245 e. The van der Waals surface area contributed by atoms with E-state index in [4.69, 9.17) is 17.2 Å². The van der Waals surface area contributed by atoms with E-state index in [2.05, 4.69) is 10.6 Å². The molecule has 2 aliphatic rings. The molecule has 6 unspecified atom stereocenters. The van der Waals surface area contributed by atoms with Crippen LogP contribution in [0.1, 0.15) is 57.1 Å². The maximum atomic E-state index is 14.0. The number of hydrogen-bond donors (Lipinski definition) is 5. The van der Waals surface area contributed by atoms with Gasteiger partial charge >= 0.3 is 0 Å². The molecule has 12 heteroatoms. The predicted octanol–water partition coefficient (Wildman–Crippen LogP) is 1.39. The number of fused-ring (bicyclic) bond motifs is 1. The smallest absolute Gasteiger partial charge is 0.245 e. The van der Waals surface area contributed by atoms with Crippen LogP contribution in [0.3, 0.4) is 0 Å². The van der Waals surface area contributed by atoms with Crippen molar-refractivity contribution in [3.63, 3.8) is 0 Å². The number of ketones is 1. The van der Waals surface area contributed by atoms with E-state index in [1.54, 1.807) is 0 Å². The van der Waals surface area contributed by atoms with Crippen LogP contribution in [-0.4, -0.2) is 96.6 Å². The fourth-order valence-corrected chi connectivity index (χ4v) is 7.45. The molecule has 2 saturated heterocycles. The molecule has 0 spiro atoms. The Morgan fingerprint density at radius 1 is 0.784 bits per heavy atom. The molecule has 0 radical (unpaired) electrons. The van der Waals surface area contributed by atoms with Crippen LogP contribution in [0.15, 0.2) is 60.7 Å². The SMILES string of the molecule is CC(C)CC(CC(=O)C(Cc1ccccc1)NC(=O)C(N)Cc1ccccc1)C(=O)NC(CCCCN)C(=O)N1CC2CN(CC(N)=O)CC2C1. The van der Waals surface area contributed by atoms with Gasteiger partial charge in [-0.05, 0) is 74.0 Å². The molecule has 278 valence electrons. The fourth-order valence-electron chi connectivity index (χ4n) is 7.45. The Hall–Kier alpha value is -4.13. The van der Waals surface area contributed by atoms with Gasteiger partial charge in [0.15, 0.2) is 5.78 Å². The third kappa shape index (κ3) is 12.3. The van der Waals surface area contributed by atoms with E-state index in [1.165, 1.54) is 0 Å². The first kappa shape index (κ1) is 39.7. The van der Waals surface area contributed by atoms with Crippen molar-refractivity contribution in [2.45, 2.75) is 76.9 Å². The van der Waals surface area contributed by atoms with Gasteiger partial charge in [0.25, 0.3) is 0 Å². The van der Waals surface area contributed by atoms with Crippen molar-refractivity contribution in [2.24, 2.45) is 40.9 Å². The van der Waals surface area contributed by atoms with Gasteiger partial charge in [-0.3, -0.25) is 28.9 Å². The molecule has 2 aliphatic heterocycles. The van der Waals surface area contributed by atoms with Crippen LogP contribution in [0.2, 0.25) is 0 Å². The van der Waals surface area contributed by atoms with Gasteiger partial charge in [0.05, 0.1) is 18.6 Å². The van der Waals surface area contributed by atoms with Gasteiger partial charge in [-0.1, -0.05) is 74.5 Å². The minimum Gasteiger partial charge on any atom is -0.369 e. The highest BCUT2D eigenvalue weighted by Crippen LogP contribution is 2.31. The summed E-state index contributed by atoms with van der Waals surface area (Å²) in [6.07, 6.45) is 2.74. The zero-order valence-electron chi connectivity index (χ0n) is 30.2. The largest absolute Gasteiger partial charge is 0.369 e. The summed E-state index contributed by atoms with van der Waals surface area (Å²) in [4.78, 5) is 70.6. The van der Waals surface area contributed by atoms with Crippen LogP contribution in [0.5, 0.6) is 0 Å². The van der Waals surface area contributed by atoms with Crippen LogP contribution in [0, 0.1) is 23.7 Å². The fraction of sp³-hybridized carbons (Fsp3) is 0.564. The summed E-state index contributed by atoms with van der Waals surface area (Å²) in [6, 6.07) is 16.4. The summed E-state index contributed by atoms with van der Waals surface area (Å²) < 4.78 is 0. The minimum atomic E-state index is -0.885. The number of carbonyl (C=O) groups is 5. The van der Waals surface area contributed by atoms with Gasteiger partial charge in [-0.25, -0.2) is 0 Å². The number of amides is 4. The second-order valence-electron chi connectivity index (χ2n) is 14.8. The average Bonchev–Trinajstić information content (AvgIpc) is 3.66. The summed E-state index contributed by atoms with van der Waals surface area (Å²) in [5.74, 6) is -1.64. The van der Waals surface area contributed by atoms with Crippen LogP contribution < -0.4 is 27.8 Å². The van der Waals surface area contributed by atoms with Crippen LogP contribution in [-0.2, 0) is 36.8 Å². The van der Waals surface area contributed by atoms with E-state index in [1.807, 2.05) is 84.3 Å². The highest BCUT2D eigenvalue weighted by molar-refractivity contribution is 5.95. The lowest BCUT2D eigenvalue weighted by Crippen LogP contribution is -2.52. The predicted molar refractivity (Wildman–Crippen MR) is 197 cm³/mol. The summed E-state index contributed by atoms with van der Waals surface area (Å²) in [7, 11) is 0. The van der Waals surface area contributed by atoms with E-state index in [9.17, 15) is 24.0 Å². The molecule has 4 rings (SSSR count). The van der Waals surface area contributed by atoms with Gasteiger partial charge in [0, 0.05) is 38.5 Å². The number of hydrogen-bond acceptors (Lipinski definition) is 8. The molecule has 8 N–H and O–H groups in total. The molecule has 4 amide bonds. The second kappa shape index (κ2) is 19.5. The quantitative estimate of drug-likeness (QED) is 0.128. The first-order chi connectivity index (χ1) is 24.4. The van der Waals surface area contributed by atoms with E-state index in [-0.39, 0.29) is 60.6 Å². The zero-order valence-corrected chi connectivity index (χ0v) is 30.2. The molecule has 2 heterocycles. The molecule has 0 saturated carbocycles. The molecule has 0 aliphatic carbocycles. The summed E-state index contributed by atoms with van der Waals surface area (Å²) in [5, 5.41) is 5.94. The number of rotatable bonds is 20. The molecular formula is C39H57N7O5. The number of nitrogens with two attached hydrogens (primary N) is 3. The lowest BCUT2D eigenvalue weighted by Gasteiger charge is -2.28. The lowest BCUT2D eigenvalue weighted by molar-refractivity contribution is -0.138. The monoisotopic (exact) mass is 703 g/mol. The Balaban J connectivity index is 1.45. The Morgan fingerprint density at radius 2 is 1.35 bits per heavy atom. The Kier molecular flexibility index (Phi) is 15.1. The lowest BCUT2D eigenvalue weighted by atomic mass is 9.88. The van der Waals surface area contributed by atoms with Crippen molar-refractivity contribution in [3.05, 3.63) is 71.8 Å². The van der Waals surface area contributed by atoms with Gasteiger partial charge in [-0.15, -0.1) is 0 Å². The molecule has 0 aromatic heterocycles.